The van der Waals surface area contributed by atoms with E-state index in [0.717, 1.165) is 59.5 Å². The van der Waals surface area contributed by atoms with E-state index in [-0.39, 0.29) is 5.91 Å². The molecule has 0 saturated heterocycles. The van der Waals surface area contributed by atoms with Crippen molar-refractivity contribution in [1.29, 1.82) is 0 Å². The van der Waals surface area contributed by atoms with E-state index in [4.69, 9.17) is 4.74 Å². The molecule has 1 spiro atoms. The number of unbranched alkanes of at least 4 members (excludes halogenated alkanes) is 2. The van der Waals surface area contributed by atoms with Gasteiger partial charge in [0, 0.05) is 35.8 Å². The van der Waals surface area contributed by atoms with E-state index in [1.807, 2.05) is 41.4 Å². The van der Waals surface area contributed by atoms with Gasteiger partial charge in [-0.05, 0) is 35.7 Å². The van der Waals surface area contributed by atoms with Gasteiger partial charge in [-0.1, -0.05) is 56.2 Å². The fourth-order valence-corrected chi connectivity index (χ4v) is 4.64. The maximum Gasteiger partial charge on any atom is 0.245 e. The summed E-state index contributed by atoms with van der Waals surface area (Å²) in [7, 11) is 0. The van der Waals surface area contributed by atoms with Gasteiger partial charge >= 0.3 is 0 Å². The predicted octanol–water partition coefficient (Wildman–Crippen LogP) is 4.96. The van der Waals surface area contributed by atoms with E-state index < -0.39 is 5.41 Å². The Morgan fingerprint density at radius 3 is 2.76 bits per heavy atom. The number of anilines is 1. The highest BCUT2D eigenvalue weighted by molar-refractivity contribution is 6.11. The van der Waals surface area contributed by atoms with E-state index in [0.29, 0.717) is 6.61 Å². The van der Waals surface area contributed by atoms with Gasteiger partial charge in [-0.15, -0.1) is 0 Å². The number of rotatable bonds is 5. The van der Waals surface area contributed by atoms with Crippen molar-refractivity contribution in [2.45, 2.75) is 31.6 Å². The molecule has 3 aromatic rings. The first kappa shape index (κ1) is 17.9. The van der Waals surface area contributed by atoms with E-state index in [1.165, 1.54) is 0 Å². The van der Waals surface area contributed by atoms with Gasteiger partial charge in [0.15, 0.2) is 0 Å². The SMILES string of the molecule is CCCCCN1C(=O)C2(COc3cc(-c4cccnc4)ccc32)c2ccccc21. The van der Waals surface area contributed by atoms with Crippen molar-refractivity contribution in [3.63, 3.8) is 0 Å². The molecule has 5 rings (SSSR count). The molecule has 0 fully saturated rings. The highest BCUT2D eigenvalue weighted by atomic mass is 16.5. The van der Waals surface area contributed by atoms with Crippen molar-refractivity contribution >= 4 is 11.6 Å². The molecule has 4 nitrogen and oxygen atoms in total. The zero-order valence-electron chi connectivity index (χ0n) is 16.6. The Balaban J connectivity index is 1.58. The number of hydrogen-bond donors (Lipinski definition) is 0. The number of amides is 1. The molecular formula is C25H24N2O2. The fraction of sp³-hybridized carbons (Fsp3) is 0.280. The number of nitrogens with zero attached hydrogens (tertiary/aromatic N) is 2. The van der Waals surface area contributed by atoms with Crippen molar-refractivity contribution < 1.29 is 9.53 Å². The van der Waals surface area contributed by atoms with Crippen LogP contribution in [0.25, 0.3) is 11.1 Å². The van der Waals surface area contributed by atoms with Crippen molar-refractivity contribution in [3.05, 3.63) is 78.1 Å². The van der Waals surface area contributed by atoms with Crippen molar-refractivity contribution in [3.8, 4) is 16.9 Å². The third-order valence-electron chi connectivity index (χ3n) is 6.13. The van der Waals surface area contributed by atoms with Crippen molar-refractivity contribution in [1.82, 2.24) is 4.98 Å². The molecule has 2 aromatic carbocycles. The molecule has 0 radical (unpaired) electrons. The smallest absolute Gasteiger partial charge is 0.245 e. The molecule has 4 heteroatoms. The second-order valence-electron chi connectivity index (χ2n) is 7.83. The number of pyridine rings is 1. The summed E-state index contributed by atoms with van der Waals surface area (Å²) in [4.78, 5) is 19.9. The normalized spacial score (nSPS) is 19.3. The van der Waals surface area contributed by atoms with Crippen molar-refractivity contribution in [2.24, 2.45) is 0 Å². The van der Waals surface area contributed by atoms with Crippen LogP contribution in [0, 0.1) is 0 Å². The van der Waals surface area contributed by atoms with Crippen LogP contribution in [0.3, 0.4) is 0 Å². The van der Waals surface area contributed by atoms with Gasteiger partial charge in [0.25, 0.3) is 0 Å². The lowest BCUT2D eigenvalue weighted by Crippen LogP contribution is -2.42. The topological polar surface area (TPSA) is 42.4 Å². The summed E-state index contributed by atoms with van der Waals surface area (Å²) in [5.74, 6) is 0.938. The second kappa shape index (κ2) is 7.03. The van der Waals surface area contributed by atoms with Crippen LogP contribution in [0.15, 0.2) is 67.0 Å². The molecule has 3 heterocycles. The number of ether oxygens (including phenoxy) is 1. The van der Waals surface area contributed by atoms with Crippen LogP contribution in [0.1, 0.15) is 37.3 Å². The summed E-state index contributed by atoms with van der Waals surface area (Å²) >= 11 is 0. The van der Waals surface area contributed by atoms with E-state index in [1.54, 1.807) is 6.20 Å². The number of hydrogen-bond acceptors (Lipinski definition) is 3. The maximum absolute atomic E-state index is 13.7. The van der Waals surface area contributed by atoms with Gasteiger partial charge in [-0.2, -0.15) is 0 Å². The van der Waals surface area contributed by atoms with Crippen LogP contribution in [-0.2, 0) is 10.2 Å². The molecule has 0 aliphatic carbocycles. The summed E-state index contributed by atoms with van der Waals surface area (Å²) < 4.78 is 6.13. The van der Waals surface area contributed by atoms with E-state index in [2.05, 4.69) is 36.2 Å². The Kier molecular flexibility index (Phi) is 4.35. The number of carbonyl (C=O) groups excluding carboxylic acids is 1. The standard InChI is InChI=1S/C25H24N2O2/c1-2-3-6-14-27-22-10-5-4-9-20(22)25(24(27)28)17-29-23-15-18(11-12-21(23)25)19-8-7-13-26-16-19/h4-5,7-13,15-16H,2-3,6,14,17H2,1H3. The van der Waals surface area contributed by atoms with Gasteiger partial charge in [0.2, 0.25) is 5.91 Å². The van der Waals surface area contributed by atoms with Gasteiger partial charge in [0.1, 0.15) is 17.8 Å². The number of benzene rings is 2. The quantitative estimate of drug-likeness (QED) is 0.584. The van der Waals surface area contributed by atoms with Crippen LogP contribution >= 0.6 is 0 Å². The minimum absolute atomic E-state index is 0.141. The Labute approximate surface area is 171 Å². The molecular weight excluding hydrogens is 360 g/mol. The van der Waals surface area contributed by atoms with E-state index in [9.17, 15) is 4.79 Å². The van der Waals surface area contributed by atoms with Crippen LogP contribution in [0.2, 0.25) is 0 Å². The fourth-order valence-electron chi connectivity index (χ4n) is 4.64. The minimum Gasteiger partial charge on any atom is -0.491 e. The summed E-state index contributed by atoms with van der Waals surface area (Å²) in [6.45, 7) is 3.30. The Bertz CT molecular complexity index is 1060. The molecule has 2 aliphatic rings. The Hall–Kier alpha value is -3.14. The van der Waals surface area contributed by atoms with Crippen LogP contribution in [0.4, 0.5) is 5.69 Å². The van der Waals surface area contributed by atoms with Crippen LogP contribution in [0.5, 0.6) is 5.75 Å². The molecule has 0 saturated carbocycles. The number of fused-ring (bicyclic) bond motifs is 4. The minimum atomic E-state index is -0.731. The van der Waals surface area contributed by atoms with Crippen molar-refractivity contribution in [2.75, 3.05) is 18.1 Å². The summed E-state index contributed by atoms with van der Waals surface area (Å²) in [6.07, 6.45) is 6.89. The third kappa shape index (κ3) is 2.66. The highest BCUT2D eigenvalue weighted by Crippen LogP contribution is 2.52. The largest absolute Gasteiger partial charge is 0.491 e. The van der Waals surface area contributed by atoms with Gasteiger partial charge < -0.3 is 9.64 Å². The third-order valence-corrected chi connectivity index (χ3v) is 6.13. The van der Waals surface area contributed by atoms with Crippen LogP contribution in [-0.4, -0.2) is 24.0 Å². The van der Waals surface area contributed by atoms with Gasteiger partial charge in [-0.3, -0.25) is 9.78 Å². The average molecular weight is 384 g/mol. The monoisotopic (exact) mass is 384 g/mol. The molecule has 0 bridgehead atoms. The molecule has 2 aliphatic heterocycles. The zero-order valence-corrected chi connectivity index (χ0v) is 16.6. The molecule has 29 heavy (non-hydrogen) atoms. The lowest BCUT2D eigenvalue weighted by Gasteiger charge is -2.23. The summed E-state index contributed by atoms with van der Waals surface area (Å²) in [5, 5.41) is 0. The maximum atomic E-state index is 13.7. The summed E-state index contributed by atoms with van der Waals surface area (Å²) in [6, 6.07) is 18.3. The molecule has 1 unspecified atom stereocenters. The van der Waals surface area contributed by atoms with Gasteiger partial charge in [-0.25, -0.2) is 0 Å². The first-order valence-electron chi connectivity index (χ1n) is 10.3. The molecule has 1 amide bonds. The van der Waals surface area contributed by atoms with Crippen LogP contribution < -0.4 is 9.64 Å². The zero-order chi connectivity index (χ0) is 19.8. The molecule has 146 valence electrons. The first-order valence-corrected chi connectivity index (χ1v) is 10.3. The Morgan fingerprint density at radius 2 is 1.93 bits per heavy atom. The molecule has 1 atom stereocenters. The lowest BCUT2D eigenvalue weighted by atomic mass is 9.77. The molecule has 1 aromatic heterocycles. The van der Waals surface area contributed by atoms with E-state index >= 15 is 0 Å². The molecule has 0 N–H and O–H groups in total. The number of carbonyl (C=O) groups is 1. The van der Waals surface area contributed by atoms with Gasteiger partial charge in [0.05, 0.1) is 0 Å². The number of para-hydroxylation sites is 1. The lowest BCUT2D eigenvalue weighted by molar-refractivity contribution is -0.122. The second-order valence-corrected chi connectivity index (χ2v) is 7.83. The number of aromatic nitrogens is 1. The first-order chi connectivity index (χ1) is 14.3. The predicted molar refractivity (Wildman–Crippen MR) is 114 cm³/mol. The Morgan fingerprint density at radius 1 is 1.03 bits per heavy atom. The summed E-state index contributed by atoms with van der Waals surface area (Å²) in [5.41, 5.74) is 4.42. The highest BCUT2D eigenvalue weighted by Gasteiger charge is 2.56. The average Bonchev–Trinajstić information content (AvgIpc) is 3.27.